The first-order valence-corrected chi connectivity index (χ1v) is 6.15. The Kier molecular flexibility index (Phi) is 2.99. The van der Waals surface area contributed by atoms with Crippen molar-refractivity contribution in [2.24, 2.45) is 0 Å². The Morgan fingerprint density at radius 1 is 1.26 bits per heavy atom. The highest BCUT2D eigenvalue weighted by atomic mass is 16.5. The molecule has 4 nitrogen and oxygen atoms in total. The highest BCUT2D eigenvalue weighted by Gasteiger charge is 2.36. The summed E-state index contributed by atoms with van der Waals surface area (Å²) in [5, 5.41) is 0. The maximum atomic E-state index is 12.0. The van der Waals surface area contributed by atoms with Gasteiger partial charge in [-0.15, -0.1) is 0 Å². The molecule has 0 saturated carbocycles. The number of furan rings is 2. The third-order valence-electron chi connectivity index (χ3n) is 3.39. The van der Waals surface area contributed by atoms with Crippen LogP contribution in [0.4, 0.5) is 0 Å². The van der Waals surface area contributed by atoms with Gasteiger partial charge in [-0.3, -0.25) is 4.79 Å². The molecule has 4 heteroatoms. The van der Waals surface area contributed by atoms with Crippen LogP contribution in [0.2, 0.25) is 0 Å². The molecule has 19 heavy (non-hydrogen) atoms. The van der Waals surface area contributed by atoms with Gasteiger partial charge in [-0.25, -0.2) is 0 Å². The van der Waals surface area contributed by atoms with Crippen LogP contribution in [0.25, 0.3) is 0 Å². The van der Waals surface area contributed by atoms with Gasteiger partial charge < -0.3 is 13.6 Å². The lowest BCUT2D eigenvalue weighted by atomic mass is 9.95. The van der Waals surface area contributed by atoms with Crippen LogP contribution in [0.3, 0.4) is 0 Å². The van der Waals surface area contributed by atoms with Gasteiger partial charge in [-0.2, -0.15) is 0 Å². The molecule has 0 bridgehead atoms. The zero-order chi connectivity index (χ0) is 13.2. The van der Waals surface area contributed by atoms with Gasteiger partial charge >= 0.3 is 0 Å². The monoisotopic (exact) mass is 258 g/mol. The highest BCUT2D eigenvalue weighted by molar-refractivity contribution is 5.98. The van der Waals surface area contributed by atoms with Crippen molar-refractivity contribution in [1.82, 2.24) is 0 Å². The fourth-order valence-electron chi connectivity index (χ4n) is 2.55. The lowest BCUT2D eigenvalue weighted by Crippen LogP contribution is -2.01. The van der Waals surface area contributed by atoms with Crippen LogP contribution < -0.4 is 0 Å². The largest absolute Gasteiger partial charge is 0.493 e. The second-order valence-electron chi connectivity index (χ2n) is 4.51. The van der Waals surface area contributed by atoms with Gasteiger partial charge in [0.05, 0.1) is 19.6 Å². The summed E-state index contributed by atoms with van der Waals surface area (Å²) in [5.74, 6) is 2.02. The summed E-state index contributed by atoms with van der Waals surface area (Å²) < 4.78 is 16.1. The number of Topliss-reactive ketones (excluding diaryl/α,β-unsaturated/α-hetero) is 1. The molecule has 0 N–H and O–H groups in total. The van der Waals surface area contributed by atoms with Crippen LogP contribution in [0.5, 0.6) is 0 Å². The van der Waals surface area contributed by atoms with E-state index in [0.717, 1.165) is 17.1 Å². The second kappa shape index (κ2) is 4.80. The van der Waals surface area contributed by atoms with E-state index in [1.54, 1.807) is 12.5 Å². The van der Waals surface area contributed by atoms with Crippen molar-refractivity contribution in [3.63, 3.8) is 0 Å². The van der Waals surface area contributed by atoms with E-state index in [1.165, 1.54) is 7.11 Å². The molecule has 2 heterocycles. The van der Waals surface area contributed by atoms with Crippen LogP contribution in [0.1, 0.15) is 23.9 Å². The maximum absolute atomic E-state index is 12.0. The quantitative estimate of drug-likeness (QED) is 0.845. The van der Waals surface area contributed by atoms with E-state index in [0.29, 0.717) is 18.6 Å². The molecule has 0 fully saturated rings. The zero-order valence-electron chi connectivity index (χ0n) is 10.6. The van der Waals surface area contributed by atoms with Crippen LogP contribution in [-0.2, 0) is 16.0 Å². The summed E-state index contributed by atoms with van der Waals surface area (Å²) in [6.07, 6.45) is 4.20. The highest BCUT2D eigenvalue weighted by Crippen LogP contribution is 2.39. The third kappa shape index (κ3) is 2.10. The molecular formula is C15H14O4. The minimum atomic E-state index is -0.0532. The fourth-order valence-corrected chi connectivity index (χ4v) is 2.55. The van der Waals surface area contributed by atoms with Crippen LogP contribution in [-0.4, -0.2) is 12.9 Å². The summed E-state index contributed by atoms with van der Waals surface area (Å²) in [5.41, 5.74) is 0.928. The Labute approximate surface area is 110 Å². The number of allylic oxidation sites excluding steroid dienone is 2. The van der Waals surface area contributed by atoms with E-state index in [-0.39, 0.29) is 11.7 Å². The third-order valence-corrected chi connectivity index (χ3v) is 3.39. The molecule has 1 aliphatic carbocycles. The molecule has 0 spiro atoms. The molecule has 1 aliphatic rings. The van der Waals surface area contributed by atoms with Crippen molar-refractivity contribution in [3.05, 3.63) is 59.6 Å². The van der Waals surface area contributed by atoms with Gasteiger partial charge in [0.2, 0.25) is 0 Å². The zero-order valence-corrected chi connectivity index (χ0v) is 10.6. The van der Waals surface area contributed by atoms with Crippen molar-refractivity contribution in [3.8, 4) is 0 Å². The molecule has 2 aromatic heterocycles. The lowest BCUT2D eigenvalue weighted by molar-refractivity contribution is -0.117. The number of hydrogen-bond acceptors (Lipinski definition) is 4. The minimum absolute atomic E-state index is 0.0189. The Morgan fingerprint density at radius 3 is 2.68 bits per heavy atom. The molecule has 0 saturated heterocycles. The van der Waals surface area contributed by atoms with Gasteiger partial charge in [0, 0.05) is 18.8 Å². The molecule has 0 aliphatic heterocycles. The van der Waals surface area contributed by atoms with Crippen LogP contribution in [0, 0.1) is 0 Å². The number of carbonyl (C=O) groups excluding carboxylic acids is 1. The standard InChI is InChI=1S/C15H14O4/c1-17-15-12(8-10-4-2-6-18-10)11(9-13(15)16)14-5-3-7-19-14/h2-7,11H,8-9H2,1H3. The normalized spacial score (nSPS) is 19.2. The molecule has 0 aromatic carbocycles. The van der Waals surface area contributed by atoms with Gasteiger partial charge in [0.1, 0.15) is 11.5 Å². The molecule has 1 atom stereocenters. The number of ketones is 1. The Balaban J connectivity index is 1.97. The van der Waals surface area contributed by atoms with Crippen LogP contribution in [0.15, 0.2) is 57.0 Å². The summed E-state index contributed by atoms with van der Waals surface area (Å²) in [4.78, 5) is 12.0. The predicted octanol–water partition coefficient (Wildman–Crippen LogP) is 3.07. The van der Waals surface area contributed by atoms with Gasteiger partial charge in [0.15, 0.2) is 11.5 Å². The first-order chi connectivity index (χ1) is 9.29. The SMILES string of the molecule is COC1=C(Cc2ccco2)C(c2ccco2)CC1=O. The van der Waals surface area contributed by atoms with E-state index in [9.17, 15) is 4.79 Å². The number of rotatable bonds is 4. The molecule has 98 valence electrons. The van der Waals surface area contributed by atoms with Crippen LogP contribution >= 0.6 is 0 Å². The Hall–Kier alpha value is -2.23. The predicted molar refractivity (Wildman–Crippen MR) is 67.5 cm³/mol. The lowest BCUT2D eigenvalue weighted by Gasteiger charge is -2.10. The van der Waals surface area contributed by atoms with Gasteiger partial charge in [0.25, 0.3) is 0 Å². The van der Waals surface area contributed by atoms with E-state index in [4.69, 9.17) is 13.6 Å². The van der Waals surface area contributed by atoms with Crippen molar-refractivity contribution < 1.29 is 18.4 Å². The van der Waals surface area contributed by atoms with Crippen molar-refractivity contribution in [2.45, 2.75) is 18.8 Å². The molecule has 0 radical (unpaired) electrons. The number of hydrogen-bond donors (Lipinski definition) is 0. The minimum Gasteiger partial charge on any atom is -0.493 e. The summed E-state index contributed by atoms with van der Waals surface area (Å²) in [6.45, 7) is 0. The molecular weight excluding hydrogens is 244 g/mol. The first kappa shape index (κ1) is 11.8. The topological polar surface area (TPSA) is 52.6 Å². The van der Waals surface area contributed by atoms with E-state index < -0.39 is 0 Å². The maximum Gasteiger partial charge on any atom is 0.198 e. The number of methoxy groups -OCH3 is 1. The first-order valence-electron chi connectivity index (χ1n) is 6.15. The average molecular weight is 258 g/mol. The Bertz CT molecular complexity index is 590. The molecule has 1 unspecified atom stereocenters. The molecule has 2 aromatic rings. The van der Waals surface area contributed by atoms with E-state index in [1.807, 2.05) is 24.3 Å². The van der Waals surface area contributed by atoms with Crippen molar-refractivity contribution >= 4 is 5.78 Å². The Morgan fingerprint density at radius 2 is 2.05 bits per heavy atom. The van der Waals surface area contributed by atoms with E-state index in [2.05, 4.69) is 0 Å². The summed E-state index contributed by atoms with van der Waals surface area (Å²) >= 11 is 0. The fraction of sp³-hybridized carbons (Fsp3) is 0.267. The number of carbonyl (C=O) groups is 1. The molecule has 3 rings (SSSR count). The number of ether oxygens (including phenoxy) is 1. The molecule has 0 amide bonds. The second-order valence-corrected chi connectivity index (χ2v) is 4.51. The van der Waals surface area contributed by atoms with E-state index >= 15 is 0 Å². The van der Waals surface area contributed by atoms with Gasteiger partial charge in [-0.05, 0) is 29.8 Å². The summed E-state index contributed by atoms with van der Waals surface area (Å²) in [7, 11) is 1.53. The van der Waals surface area contributed by atoms with Crippen molar-refractivity contribution in [2.75, 3.05) is 7.11 Å². The summed E-state index contributed by atoms with van der Waals surface area (Å²) in [6, 6.07) is 7.44. The average Bonchev–Trinajstić information content (AvgIpc) is 3.11. The van der Waals surface area contributed by atoms with Gasteiger partial charge in [-0.1, -0.05) is 0 Å². The van der Waals surface area contributed by atoms with Crippen molar-refractivity contribution in [1.29, 1.82) is 0 Å². The smallest absolute Gasteiger partial charge is 0.198 e.